The van der Waals surface area contributed by atoms with Gasteiger partial charge in [-0.25, -0.2) is 0 Å². The number of carbonyl (C=O) groups is 1. The van der Waals surface area contributed by atoms with E-state index >= 15 is 0 Å². The Morgan fingerprint density at radius 3 is 2.42 bits per heavy atom. The standard InChI is InChI=1S/C14H20BrN3O/c1-17-12(11(15)10-16-17)13(19)14(6-2-3-7-14)18-8-4-5-9-18/h10H,2-9H2,1H3. The van der Waals surface area contributed by atoms with Crippen LogP contribution in [0.3, 0.4) is 0 Å². The third kappa shape index (κ3) is 2.07. The lowest BCUT2D eigenvalue weighted by Crippen LogP contribution is -2.52. The van der Waals surface area contributed by atoms with Crippen molar-refractivity contribution in [1.82, 2.24) is 14.7 Å². The van der Waals surface area contributed by atoms with E-state index in [9.17, 15) is 4.79 Å². The summed E-state index contributed by atoms with van der Waals surface area (Å²) in [5.74, 6) is 0.263. The van der Waals surface area contributed by atoms with Gasteiger partial charge in [0.1, 0.15) is 5.69 Å². The average Bonchev–Trinajstić information content (AvgIpc) is 3.09. The van der Waals surface area contributed by atoms with Crippen LogP contribution in [0.4, 0.5) is 0 Å². The van der Waals surface area contributed by atoms with Gasteiger partial charge in [-0.3, -0.25) is 14.4 Å². The van der Waals surface area contributed by atoms with Crippen LogP contribution in [0.2, 0.25) is 0 Å². The fraction of sp³-hybridized carbons (Fsp3) is 0.714. The molecule has 0 spiro atoms. The van der Waals surface area contributed by atoms with Crippen molar-refractivity contribution in [2.75, 3.05) is 13.1 Å². The highest BCUT2D eigenvalue weighted by atomic mass is 79.9. The first-order chi connectivity index (χ1) is 9.15. The lowest BCUT2D eigenvalue weighted by molar-refractivity contribution is 0.0615. The number of halogens is 1. The summed E-state index contributed by atoms with van der Waals surface area (Å²) in [5.41, 5.74) is 0.473. The summed E-state index contributed by atoms with van der Waals surface area (Å²) < 4.78 is 2.54. The van der Waals surface area contributed by atoms with Crippen LogP contribution in [0, 0.1) is 0 Å². The van der Waals surface area contributed by atoms with Crippen LogP contribution < -0.4 is 0 Å². The molecular weight excluding hydrogens is 306 g/mol. The quantitative estimate of drug-likeness (QED) is 0.802. The van der Waals surface area contributed by atoms with Crippen molar-refractivity contribution in [2.45, 2.75) is 44.1 Å². The number of ketones is 1. The highest BCUT2D eigenvalue weighted by molar-refractivity contribution is 9.10. The molecule has 104 valence electrons. The maximum Gasteiger partial charge on any atom is 0.202 e. The Kier molecular flexibility index (Phi) is 3.52. The van der Waals surface area contributed by atoms with Gasteiger partial charge in [-0.05, 0) is 54.7 Å². The molecule has 5 heteroatoms. The molecule has 0 unspecified atom stereocenters. The van der Waals surface area contributed by atoms with Crippen molar-refractivity contribution in [3.63, 3.8) is 0 Å². The maximum absolute atomic E-state index is 13.1. The van der Waals surface area contributed by atoms with Gasteiger partial charge in [0.2, 0.25) is 5.78 Å². The Balaban J connectivity index is 1.98. The van der Waals surface area contributed by atoms with E-state index in [0.29, 0.717) is 0 Å². The van der Waals surface area contributed by atoms with Crippen molar-refractivity contribution in [3.8, 4) is 0 Å². The Morgan fingerprint density at radius 2 is 1.89 bits per heavy atom. The van der Waals surface area contributed by atoms with E-state index in [1.807, 2.05) is 7.05 Å². The van der Waals surface area contributed by atoms with Crippen LogP contribution in [0.1, 0.15) is 49.0 Å². The number of rotatable bonds is 3. The molecule has 2 heterocycles. The van der Waals surface area contributed by atoms with Crippen molar-refractivity contribution < 1.29 is 4.79 Å². The summed E-state index contributed by atoms with van der Waals surface area (Å²) in [7, 11) is 1.85. The van der Waals surface area contributed by atoms with Crippen LogP contribution in [0.15, 0.2) is 10.7 Å². The summed E-state index contributed by atoms with van der Waals surface area (Å²) in [6.07, 6.45) is 8.51. The third-order valence-electron chi connectivity index (χ3n) is 4.67. The molecule has 2 fully saturated rings. The smallest absolute Gasteiger partial charge is 0.202 e. The molecule has 1 aliphatic heterocycles. The van der Waals surface area contributed by atoms with Gasteiger partial charge < -0.3 is 0 Å². The molecule has 1 saturated heterocycles. The molecule has 0 atom stereocenters. The second-order valence-electron chi connectivity index (χ2n) is 5.73. The zero-order chi connectivity index (χ0) is 13.5. The van der Waals surface area contributed by atoms with Gasteiger partial charge in [-0.15, -0.1) is 0 Å². The van der Waals surface area contributed by atoms with Gasteiger partial charge in [0.15, 0.2) is 0 Å². The molecule has 1 aliphatic carbocycles. The molecule has 0 aromatic carbocycles. The van der Waals surface area contributed by atoms with E-state index in [4.69, 9.17) is 0 Å². The summed E-state index contributed by atoms with van der Waals surface area (Å²) in [6, 6.07) is 0. The average molecular weight is 326 g/mol. The van der Waals surface area contributed by atoms with E-state index in [0.717, 1.165) is 48.9 Å². The number of likely N-dealkylation sites (tertiary alicyclic amines) is 1. The number of aryl methyl sites for hydroxylation is 1. The molecule has 1 saturated carbocycles. The Bertz CT molecular complexity index is 465. The second kappa shape index (κ2) is 5.02. The highest BCUT2D eigenvalue weighted by Gasteiger charge is 2.48. The summed E-state index contributed by atoms with van der Waals surface area (Å²) in [5, 5.41) is 4.20. The van der Waals surface area contributed by atoms with Gasteiger partial charge in [0, 0.05) is 7.05 Å². The first-order valence-corrected chi connectivity index (χ1v) is 7.92. The minimum absolute atomic E-state index is 0.257. The molecule has 4 nitrogen and oxygen atoms in total. The number of Topliss-reactive ketones (excluding diaryl/α,β-unsaturated/α-hetero) is 1. The summed E-state index contributed by atoms with van der Waals surface area (Å²) >= 11 is 3.47. The molecule has 1 aromatic rings. The van der Waals surface area contributed by atoms with Gasteiger partial charge in [-0.1, -0.05) is 12.8 Å². The van der Waals surface area contributed by atoms with Gasteiger partial charge in [0.25, 0.3) is 0 Å². The topological polar surface area (TPSA) is 38.1 Å². The molecule has 1 aromatic heterocycles. The predicted octanol–water partition coefficient (Wildman–Crippen LogP) is 2.77. The number of nitrogens with zero attached hydrogens (tertiary/aromatic N) is 3. The zero-order valence-electron chi connectivity index (χ0n) is 11.4. The fourth-order valence-corrected chi connectivity index (χ4v) is 4.21. The molecule has 0 amide bonds. The molecule has 0 bridgehead atoms. The van der Waals surface area contributed by atoms with E-state index in [-0.39, 0.29) is 11.3 Å². The molecule has 0 N–H and O–H groups in total. The molecule has 0 radical (unpaired) electrons. The largest absolute Gasteiger partial charge is 0.291 e. The number of hydrogen-bond acceptors (Lipinski definition) is 3. The lowest BCUT2D eigenvalue weighted by atomic mass is 9.88. The van der Waals surface area contributed by atoms with Crippen LogP contribution in [0.25, 0.3) is 0 Å². The van der Waals surface area contributed by atoms with Crippen molar-refractivity contribution in [2.24, 2.45) is 7.05 Å². The summed E-state index contributed by atoms with van der Waals surface area (Å²) in [4.78, 5) is 15.6. The normalized spacial score (nSPS) is 23.1. The van der Waals surface area contributed by atoms with Crippen molar-refractivity contribution in [3.05, 3.63) is 16.4 Å². The van der Waals surface area contributed by atoms with Gasteiger partial charge >= 0.3 is 0 Å². The van der Waals surface area contributed by atoms with Gasteiger partial charge in [0.05, 0.1) is 16.2 Å². The van der Waals surface area contributed by atoms with Crippen LogP contribution in [-0.4, -0.2) is 39.1 Å². The molecular formula is C14H20BrN3O. The fourth-order valence-electron chi connectivity index (χ4n) is 3.68. The minimum Gasteiger partial charge on any atom is -0.291 e. The SMILES string of the molecule is Cn1ncc(Br)c1C(=O)C1(N2CCCC2)CCCC1. The Morgan fingerprint density at radius 1 is 1.26 bits per heavy atom. The molecule has 2 aliphatic rings. The third-order valence-corrected chi connectivity index (χ3v) is 5.25. The Hall–Kier alpha value is -0.680. The predicted molar refractivity (Wildman–Crippen MR) is 77.2 cm³/mol. The first-order valence-electron chi connectivity index (χ1n) is 7.12. The van der Waals surface area contributed by atoms with E-state index in [1.165, 1.54) is 12.8 Å². The lowest BCUT2D eigenvalue weighted by Gasteiger charge is -2.37. The maximum atomic E-state index is 13.1. The monoisotopic (exact) mass is 325 g/mol. The van der Waals surface area contributed by atoms with Crippen molar-refractivity contribution in [1.29, 1.82) is 0 Å². The minimum atomic E-state index is -0.257. The molecule has 19 heavy (non-hydrogen) atoms. The number of aromatic nitrogens is 2. The van der Waals surface area contributed by atoms with E-state index in [1.54, 1.807) is 10.9 Å². The van der Waals surface area contributed by atoms with E-state index in [2.05, 4.69) is 25.9 Å². The molecule has 3 rings (SSSR count). The van der Waals surface area contributed by atoms with Gasteiger partial charge in [-0.2, -0.15) is 5.10 Å². The number of carbonyl (C=O) groups excluding carboxylic acids is 1. The second-order valence-corrected chi connectivity index (χ2v) is 6.58. The van der Waals surface area contributed by atoms with E-state index < -0.39 is 0 Å². The Labute approximate surface area is 122 Å². The van der Waals surface area contributed by atoms with Crippen LogP contribution in [-0.2, 0) is 7.05 Å². The van der Waals surface area contributed by atoms with Crippen LogP contribution >= 0.6 is 15.9 Å². The van der Waals surface area contributed by atoms with Crippen LogP contribution in [0.5, 0.6) is 0 Å². The summed E-state index contributed by atoms with van der Waals surface area (Å²) in [6.45, 7) is 2.14. The highest BCUT2D eigenvalue weighted by Crippen LogP contribution is 2.40. The van der Waals surface area contributed by atoms with Crippen molar-refractivity contribution >= 4 is 21.7 Å². The first kappa shape index (κ1) is 13.3. The zero-order valence-corrected chi connectivity index (χ0v) is 12.9. The number of hydrogen-bond donors (Lipinski definition) is 0.